The van der Waals surface area contributed by atoms with Crippen LogP contribution in [0.1, 0.15) is 62.5 Å². The van der Waals surface area contributed by atoms with Crippen molar-refractivity contribution in [3.63, 3.8) is 0 Å². The summed E-state index contributed by atoms with van der Waals surface area (Å²) in [6, 6.07) is 24.1. The van der Waals surface area contributed by atoms with Gasteiger partial charge in [-0.25, -0.2) is 0 Å². The lowest BCUT2D eigenvalue weighted by molar-refractivity contribution is -0.0838. The van der Waals surface area contributed by atoms with Crippen LogP contribution in [0, 0.1) is 17.3 Å². The first-order valence-corrected chi connectivity index (χ1v) is 12.2. The van der Waals surface area contributed by atoms with E-state index in [9.17, 15) is 0 Å². The lowest BCUT2D eigenvalue weighted by Gasteiger charge is -2.64. The highest BCUT2D eigenvalue weighted by atomic mass is 35.5. The molecule has 2 aromatic carbocycles. The summed E-state index contributed by atoms with van der Waals surface area (Å²) in [5, 5.41) is 0.848. The number of aromatic nitrogens is 1. The molecule has 0 aliphatic heterocycles. The van der Waals surface area contributed by atoms with Crippen molar-refractivity contribution in [3.8, 4) is 11.3 Å². The topological polar surface area (TPSA) is 12.9 Å². The van der Waals surface area contributed by atoms with Gasteiger partial charge in [-0.15, -0.1) is 0 Å². The van der Waals surface area contributed by atoms with E-state index in [1.807, 2.05) is 12.3 Å². The highest BCUT2D eigenvalue weighted by Crippen LogP contribution is 2.69. The quantitative estimate of drug-likeness (QED) is 0.410. The predicted octanol–water partition coefficient (Wildman–Crippen LogP) is 8.04. The molecular weight excluding hydrogens is 398 g/mol. The molecule has 0 spiro atoms. The summed E-state index contributed by atoms with van der Waals surface area (Å²) in [6.45, 7) is 2.50. The minimum absolute atomic E-state index is 0.336. The fraction of sp³-hybridized carbons (Fsp3) is 0.414. The van der Waals surface area contributed by atoms with Gasteiger partial charge >= 0.3 is 0 Å². The van der Waals surface area contributed by atoms with Crippen LogP contribution in [0.5, 0.6) is 0 Å². The third-order valence-electron chi connectivity index (χ3n) is 8.85. The third-order valence-corrected chi connectivity index (χ3v) is 9.10. The van der Waals surface area contributed by atoms with Crippen LogP contribution in [0.3, 0.4) is 0 Å². The Hall–Kier alpha value is -2.12. The number of hydrogen-bond donors (Lipinski definition) is 0. The normalized spacial score (nSPS) is 32.2. The summed E-state index contributed by atoms with van der Waals surface area (Å²) in [5.41, 5.74) is 6.14. The highest BCUT2D eigenvalue weighted by molar-refractivity contribution is 6.30. The molecule has 0 radical (unpaired) electrons. The molecule has 1 nitrogen and oxygen atoms in total. The van der Waals surface area contributed by atoms with Gasteiger partial charge in [-0.3, -0.25) is 4.98 Å². The summed E-state index contributed by atoms with van der Waals surface area (Å²) in [6.07, 6.45) is 10.2. The van der Waals surface area contributed by atoms with Crippen molar-refractivity contribution < 1.29 is 0 Å². The molecule has 4 fully saturated rings. The van der Waals surface area contributed by atoms with Gasteiger partial charge in [0.1, 0.15) is 0 Å². The van der Waals surface area contributed by atoms with E-state index in [1.54, 1.807) is 0 Å². The summed E-state index contributed by atoms with van der Waals surface area (Å²) in [7, 11) is 0. The first-order chi connectivity index (χ1) is 15.1. The Bertz CT molecular complexity index is 1070. The number of benzene rings is 2. The molecule has 4 aliphatic carbocycles. The lowest BCUT2D eigenvalue weighted by Crippen LogP contribution is -2.55. The second-order valence-corrected chi connectivity index (χ2v) is 11.1. The Labute approximate surface area is 190 Å². The number of pyridine rings is 1. The van der Waals surface area contributed by atoms with Crippen molar-refractivity contribution in [3.05, 3.63) is 89.1 Å². The summed E-state index contributed by atoms with van der Waals surface area (Å²) in [4.78, 5) is 4.70. The van der Waals surface area contributed by atoms with Gasteiger partial charge in [-0.1, -0.05) is 61.0 Å². The van der Waals surface area contributed by atoms with Crippen LogP contribution in [0.15, 0.2) is 72.9 Å². The van der Waals surface area contributed by atoms with E-state index in [2.05, 4.69) is 67.6 Å². The van der Waals surface area contributed by atoms with Crippen LogP contribution in [-0.2, 0) is 5.41 Å². The van der Waals surface area contributed by atoms with Gasteiger partial charge in [0.05, 0.1) is 5.69 Å². The van der Waals surface area contributed by atoms with Crippen LogP contribution in [-0.4, -0.2) is 4.98 Å². The van der Waals surface area contributed by atoms with E-state index < -0.39 is 0 Å². The zero-order valence-corrected chi connectivity index (χ0v) is 19.0. The Balaban J connectivity index is 1.42. The molecule has 0 amide bonds. The number of halogens is 1. The molecular formula is C29H30ClN. The van der Waals surface area contributed by atoms with Crippen molar-refractivity contribution in [2.75, 3.05) is 0 Å². The average Bonchev–Trinajstić information content (AvgIpc) is 2.79. The Morgan fingerprint density at radius 2 is 1.58 bits per heavy atom. The fourth-order valence-corrected chi connectivity index (χ4v) is 8.07. The molecule has 7 rings (SSSR count). The summed E-state index contributed by atoms with van der Waals surface area (Å²) < 4.78 is 0. The Kier molecular flexibility index (Phi) is 4.54. The Morgan fingerprint density at radius 1 is 0.871 bits per heavy atom. The molecule has 3 unspecified atom stereocenters. The maximum absolute atomic E-state index is 6.25. The van der Waals surface area contributed by atoms with E-state index in [0.717, 1.165) is 22.6 Å². The molecule has 4 aliphatic rings. The van der Waals surface area contributed by atoms with Gasteiger partial charge in [-0.2, -0.15) is 0 Å². The molecule has 158 valence electrons. The van der Waals surface area contributed by atoms with E-state index in [1.165, 1.54) is 55.2 Å². The van der Waals surface area contributed by atoms with Gasteiger partial charge in [0, 0.05) is 16.8 Å². The molecule has 31 heavy (non-hydrogen) atoms. The van der Waals surface area contributed by atoms with Gasteiger partial charge in [0.2, 0.25) is 0 Å². The number of hydrogen-bond acceptors (Lipinski definition) is 1. The first kappa shape index (κ1) is 19.6. The molecule has 1 aromatic heterocycles. The van der Waals surface area contributed by atoms with Crippen LogP contribution in [0.4, 0.5) is 0 Å². The van der Waals surface area contributed by atoms with Crippen LogP contribution >= 0.6 is 11.6 Å². The number of nitrogens with zero attached hydrogens (tertiary/aromatic N) is 1. The monoisotopic (exact) mass is 427 g/mol. The third kappa shape index (κ3) is 3.16. The van der Waals surface area contributed by atoms with Crippen LogP contribution < -0.4 is 0 Å². The van der Waals surface area contributed by atoms with Gasteiger partial charge in [-0.05, 0) is 103 Å². The van der Waals surface area contributed by atoms with E-state index in [0.29, 0.717) is 16.7 Å². The van der Waals surface area contributed by atoms with Crippen molar-refractivity contribution in [2.45, 2.75) is 56.8 Å². The van der Waals surface area contributed by atoms with Crippen molar-refractivity contribution >= 4 is 11.6 Å². The molecule has 0 N–H and O–H groups in total. The lowest BCUT2D eigenvalue weighted by atomic mass is 9.40. The Morgan fingerprint density at radius 3 is 2.29 bits per heavy atom. The van der Waals surface area contributed by atoms with E-state index >= 15 is 0 Å². The maximum atomic E-state index is 6.25. The smallest absolute Gasteiger partial charge is 0.0704 e. The zero-order chi connectivity index (χ0) is 21.1. The molecule has 4 saturated carbocycles. The molecule has 2 heteroatoms. The van der Waals surface area contributed by atoms with Crippen molar-refractivity contribution in [1.82, 2.24) is 4.98 Å². The van der Waals surface area contributed by atoms with Crippen molar-refractivity contribution in [1.29, 1.82) is 0 Å². The van der Waals surface area contributed by atoms with Gasteiger partial charge in [0.25, 0.3) is 0 Å². The van der Waals surface area contributed by atoms with Crippen LogP contribution in [0.2, 0.25) is 5.02 Å². The van der Waals surface area contributed by atoms with Gasteiger partial charge in [0.15, 0.2) is 0 Å². The zero-order valence-electron chi connectivity index (χ0n) is 18.2. The minimum atomic E-state index is 0.336. The average molecular weight is 428 g/mol. The summed E-state index contributed by atoms with van der Waals surface area (Å²) >= 11 is 6.25. The molecule has 3 atom stereocenters. The standard InChI is InChI=1S/C29H30ClN/c1-20(25-6-2-3-7-26(25)27-8-4-5-13-31-27)28-15-21-14-22(16-28)18-29(17-21,19-28)23-9-11-24(30)12-10-23/h2-13,20-22H,14-19H2,1H3. The highest BCUT2D eigenvalue weighted by Gasteiger charge is 2.59. The fourth-order valence-electron chi connectivity index (χ4n) is 7.94. The second-order valence-electron chi connectivity index (χ2n) is 10.6. The summed E-state index contributed by atoms with van der Waals surface area (Å²) in [5.74, 6) is 2.26. The van der Waals surface area contributed by atoms with E-state index in [-0.39, 0.29) is 0 Å². The predicted molar refractivity (Wildman–Crippen MR) is 128 cm³/mol. The first-order valence-electron chi connectivity index (χ1n) is 11.8. The molecule has 0 saturated heterocycles. The molecule has 4 bridgehead atoms. The van der Waals surface area contributed by atoms with Crippen molar-refractivity contribution in [2.24, 2.45) is 17.3 Å². The SMILES string of the molecule is CC(c1ccccc1-c1ccccn1)C12CC3CC(CC(c4ccc(Cl)cc4)(C3)C1)C2. The maximum Gasteiger partial charge on any atom is 0.0704 e. The van der Waals surface area contributed by atoms with Crippen LogP contribution in [0.25, 0.3) is 11.3 Å². The largest absolute Gasteiger partial charge is 0.256 e. The number of rotatable bonds is 4. The second kappa shape index (κ2) is 7.20. The van der Waals surface area contributed by atoms with Gasteiger partial charge < -0.3 is 0 Å². The van der Waals surface area contributed by atoms with E-state index in [4.69, 9.17) is 16.6 Å². The molecule has 1 heterocycles. The molecule has 3 aromatic rings. The minimum Gasteiger partial charge on any atom is -0.256 e.